The maximum absolute atomic E-state index is 11.1. The van der Waals surface area contributed by atoms with Crippen molar-refractivity contribution >= 4 is 11.9 Å². The number of nitrogens with zero attached hydrogens (tertiary/aromatic N) is 2. The van der Waals surface area contributed by atoms with Crippen LogP contribution >= 0.6 is 0 Å². The minimum absolute atomic E-state index is 0.212. The molecule has 144 valence electrons. The fourth-order valence-corrected chi connectivity index (χ4v) is 3.58. The second-order valence-electron chi connectivity index (χ2n) is 7.08. The van der Waals surface area contributed by atoms with E-state index >= 15 is 0 Å². The Hall–Kier alpha value is -1.34. The predicted octanol–water partition coefficient (Wildman–Crippen LogP) is 0.983. The monoisotopic (exact) mass is 354 g/mol. The van der Waals surface area contributed by atoms with E-state index in [2.05, 4.69) is 15.2 Å². The first kappa shape index (κ1) is 20.0. The highest BCUT2D eigenvalue weighted by Crippen LogP contribution is 2.19. The zero-order valence-electron chi connectivity index (χ0n) is 15.5. The Morgan fingerprint density at radius 2 is 2.12 bits per heavy atom. The number of primary amides is 1. The Morgan fingerprint density at radius 3 is 2.84 bits per heavy atom. The van der Waals surface area contributed by atoms with Crippen LogP contribution in [0.25, 0.3) is 0 Å². The van der Waals surface area contributed by atoms with Crippen LogP contribution in [-0.4, -0.2) is 69.9 Å². The summed E-state index contributed by atoms with van der Waals surface area (Å²) in [4.78, 5) is 17.8. The van der Waals surface area contributed by atoms with Crippen molar-refractivity contribution in [1.82, 2.24) is 10.2 Å². The van der Waals surface area contributed by atoms with Gasteiger partial charge in [-0.1, -0.05) is 0 Å². The Bertz CT molecular complexity index is 425. The summed E-state index contributed by atoms with van der Waals surface area (Å²) < 4.78 is 11.2. The minimum atomic E-state index is -0.212. The van der Waals surface area contributed by atoms with Crippen molar-refractivity contribution in [2.24, 2.45) is 22.6 Å². The normalized spacial score (nSPS) is 22.8. The zero-order valence-corrected chi connectivity index (χ0v) is 15.5. The minimum Gasteiger partial charge on any atom is -0.381 e. The summed E-state index contributed by atoms with van der Waals surface area (Å²) in [6.45, 7) is 6.04. The third-order valence-electron chi connectivity index (χ3n) is 4.96. The molecule has 1 atom stereocenters. The van der Waals surface area contributed by atoms with Gasteiger partial charge >= 0.3 is 0 Å². The van der Waals surface area contributed by atoms with Crippen LogP contribution in [0.2, 0.25) is 0 Å². The maximum Gasteiger partial charge on any atom is 0.217 e. The first-order chi connectivity index (χ1) is 12.2. The molecule has 0 radical (unpaired) electrons. The van der Waals surface area contributed by atoms with Crippen molar-refractivity contribution in [1.29, 1.82) is 0 Å². The number of carbonyl (C=O) groups excluding carboxylic acids is 1. The third-order valence-corrected chi connectivity index (χ3v) is 4.96. The van der Waals surface area contributed by atoms with Gasteiger partial charge in [0, 0.05) is 59.5 Å². The standard InChI is InChI=1S/C18H34N4O3/c1-20-18(22-8-2-4-16(13-22)12-17(19)23)21-7-3-9-25-14-15-5-10-24-11-6-15/h15-16H,2-14H2,1H3,(H2,19,23)(H,20,21). The number of piperidine rings is 1. The SMILES string of the molecule is CN=C(NCCCOCC1CCOCC1)N1CCCC(CC(N)=O)C1. The molecule has 2 fully saturated rings. The zero-order chi connectivity index (χ0) is 17.9. The molecule has 2 saturated heterocycles. The molecule has 0 aromatic rings. The summed E-state index contributed by atoms with van der Waals surface area (Å²) >= 11 is 0. The lowest BCUT2D eigenvalue weighted by Gasteiger charge is -2.34. The molecule has 1 unspecified atom stereocenters. The highest BCUT2D eigenvalue weighted by molar-refractivity contribution is 5.80. The van der Waals surface area contributed by atoms with E-state index < -0.39 is 0 Å². The number of hydrogen-bond acceptors (Lipinski definition) is 4. The number of rotatable bonds is 8. The number of carbonyl (C=O) groups is 1. The number of ether oxygens (including phenoxy) is 2. The Labute approximate surface area is 151 Å². The average molecular weight is 354 g/mol. The van der Waals surface area contributed by atoms with Gasteiger partial charge in [-0.2, -0.15) is 0 Å². The average Bonchev–Trinajstić information content (AvgIpc) is 2.62. The van der Waals surface area contributed by atoms with Crippen LogP contribution in [-0.2, 0) is 14.3 Å². The molecule has 2 aliphatic rings. The van der Waals surface area contributed by atoms with Crippen LogP contribution in [0.15, 0.2) is 4.99 Å². The highest BCUT2D eigenvalue weighted by Gasteiger charge is 2.23. The van der Waals surface area contributed by atoms with Gasteiger partial charge in [-0.15, -0.1) is 0 Å². The van der Waals surface area contributed by atoms with Gasteiger partial charge in [0.25, 0.3) is 0 Å². The summed E-state index contributed by atoms with van der Waals surface area (Å²) in [5.41, 5.74) is 5.33. The molecule has 0 bridgehead atoms. The molecule has 25 heavy (non-hydrogen) atoms. The summed E-state index contributed by atoms with van der Waals surface area (Å²) in [5, 5.41) is 3.41. The number of likely N-dealkylation sites (tertiary alicyclic amines) is 1. The summed E-state index contributed by atoms with van der Waals surface area (Å²) in [7, 11) is 1.81. The molecule has 2 aliphatic heterocycles. The van der Waals surface area contributed by atoms with Gasteiger partial charge in [0.15, 0.2) is 5.96 Å². The molecule has 0 aromatic heterocycles. The van der Waals surface area contributed by atoms with Gasteiger partial charge in [0.1, 0.15) is 0 Å². The third kappa shape index (κ3) is 7.61. The highest BCUT2D eigenvalue weighted by atomic mass is 16.5. The quantitative estimate of drug-likeness (QED) is 0.385. The lowest BCUT2D eigenvalue weighted by molar-refractivity contribution is -0.119. The van der Waals surface area contributed by atoms with Crippen LogP contribution in [0.3, 0.4) is 0 Å². The van der Waals surface area contributed by atoms with E-state index in [9.17, 15) is 4.79 Å². The smallest absolute Gasteiger partial charge is 0.217 e. The molecule has 2 heterocycles. The lowest BCUT2D eigenvalue weighted by Crippen LogP contribution is -2.47. The molecule has 0 aliphatic carbocycles. The van der Waals surface area contributed by atoms with Crippen LogP contribution in [0.4, 0.5) is 0 Å². The lowest BCUT2D eigenvalue weighted by atomic mass is 9.95. The number of nitrogens with one attached hydrogen (secondary N) is 1. The number of nitrogens with two attached hydrogens (primary N) is 1. The Balaban J connectivity index is 1.58. The van der Waals surface area contributed by atoms with E-state index in [-0.39, 0.29) is 5.91 Å². The fraction of sp³-hybridized carbons (Fsp3) is 0.889. The summed E-state index contributed by atoms with van der Waals surface area (Å²) in [6.07, 6.45) is 5.80. The van der Waals surface area contributed by atoms with Crippen molar-refractivity contribution in [2.45, 2.75) is 38.5 Å². The maximum atomic E-state index is 11.1. The Kier molecular flexibility index (Phi) is 9.04. The van der Waals surface area contributed by atoms with E-state index in [1.54, 1.807) is 0 Å². The predicted molar refractivity (Wildman–Crippen MR) is 98.4 cm³/mol. The van der Waals surface area contributed by atoms with Crippen molar-refractivity contribution in [3.05, 3.63) is 0 Å². The van der Waals surface area contributed by atoms with Crippen LogP contribution < -0.4 is 11.1 Å². The van der Waals surface area contributed by atoms with E-state index in [0.29, 0.717) is 18.3 Å². The summed E-state index contributed by atoms with van der Waals surface area (Å²) in [6, 6.07) is 0. The molecular weight excluding hydrogens is 320 g/mol. The van der Waals surface area contributed by atoms with Gasteiger partial charge in [-0.05, 0) is 43.9 Å². The van der Waals surface area contributed by atoms with Crippen molar-refractivity contribution < 1.29 is 14.3 Å². The number of hydrogen-bond donors (Lipinski definition) is 2. The van der Waals surface area contributed by atoms with Gasteiger partial charge in [0.05, 0.1) is 0 Å². The Morgan fingerprint density at radius 1 is 1.32 bits per heavy atom. The summed E-state index contributed by atoms with van der Waals surface area (Å²) in [5.74, 6) is 1.70. The topological polar surface area (TPSA) is 89.2 Å². The number of aliphatic imine (C=N–C) groups is 1. The second-order valence-corrected chi connectivity index (χ2v) is 7.08. The number of amides is 1. The van der Waals surface area contributed by atoms with Crippen LogP contribution in [0, 0.1) is 11.8 Å². The van der Waals surface area contributed by atoms with E-state index in [1.807, 2.05) is 7.05 Å². The molecule has 2 rings (SSSR count). The van der Waals surface area contributed by atoms with Crippen molar-refractivity contribution in [3.8, 4) is 0 Å². The second kappa shape index (κ2) is 11.3. The van der Waals surface area contributed by atoms with E-state index in [4.69, 9.17) is 15.2 Å². The van der Waals surface area contributed by atoms with E-state index in [0.717, 1.165) is 84.1 Å². The van der Waals surface area contributed by atoms with Gasteiger partial charge in [0.2, 0.25) is 5.91 Å². The molecule has 7 nitrogen and oxygen atoms in total. The number of guanidine groups is 1. The van der Waals surface area contributed by atoms with Crippen LogP contribution in [0.1, 0.15) is 38.5 Å². The molecular formula is C18H34N4O3. The van der Waals surface area contributed by atoms with Gasteiger partial charge in [-0.25, -0.2) is 0 Å². The molecule has 0 aromatic carbocycles. The van der Waals surface area contributed by atoms with Gasteiger partial charge in [-0.3, -0.25) is 9.79 Å². The molecule has 0 saturated carbocycles. The molecule has 7 heteroatoms. The van der Waals surface area contributed by atoms with Crippen LogP contribution in [0.5, 0.6) is 0 Å². The molecule has 0 spiro atoms. The first-order valence-electron chi connectivity index (χ1n) is 9.58. The first-order valence-corrected chi connectivity index (χ1v) is 9.58. The van der Waals surface area contributed by atoms with Crippen molar-refractivity contribution in [3.63, 3.8) is 0 Å². The van der Waals surface area contributed by atoms with Gasteiger partial charge < -0.3 is 25.4 Å². The fourth-order valence-electron chi connectivity index (χ4n) is 3.58. The molecule has 1 amide bonds. The van der Waals surface area contributed by atoms with E-state index in [1.165, 1.54) is 0 Å². The van der Waals surface area contributed by atoms with Crippen molar-refractivity contribution in [2.75, 3.05) is 53.1 Å². The molecule has 3 N–H and O–H groups in total. The largest absolute Gasteiger partial charge is 0.381 e.